The molecular formula is C22H18N2O2S. The van der Waals surface area contributed by atoms with Crippen molar-refractivity contribution in [1.29, 1.82) is 0 Å². The number of aromatic nitrogens is 2. The molecule has 27 heavy (non-hydrogen) atoms. The molecular weight excluding hydrogens is 356 g/mol. The van der Waals surface area contributed by atoms with E-state index in [-0.39, 0.29) is 0 Å². The summed E-state index contributed by atoms with van der Waals surface area (Å²) < 4.78 is 11.8. The Morgan fingerprint density at radius 3 is 2.07 bits per heavy atom. The molecule has 5 heteroatoms. The summed E-state index contributed by atoms with van der Waals surface area (Å²) in [6, 6.07) is 22.3. The molecule has 2 aromatic carbocycles. The van der Waals surface area contributed by atoms with Gasteiger partial charge in [0.1, 0.15) is 13.2 Å². The first kappa shape index (κ1) is 17.2. The summed E-state index contributed by atoms with van der Waals surface area (Å²) in [6.07, 6.45) is 1.76. The van der Waals surface area contributed by atoms with Gasteiger partial charge in [0.2, 0.25) is 5.88 Å². The lowest BCUT2D eigenvalue weighted by atomic mass is 10.2. The smallest absolute Gasteiger partial charge is 0.320 e. The highest BCUT2D eigenvalue weighted by Crippen LogP contribution is 2.31. The maximum Gasteiger partial charge on any atom is 0.320 e. The number of thiophene rings is 1. The molecule has 134 valence electrons. The summed E-state index contributed by atoms with van der Waals surface area (Å²) in [5, 5.41) is 4.08. The molecule has 0 fully saturated rings. The van der Waals surface area contributed by atoms with Crippen LogP contribution in [0.15, 0.2) is 83.7 Å². The topological polar surface area (TPSA) is 44.2 Å². The van der Waals surface area contributed by atoms with Gasteiger partial charge in [-0.3, -0.25) is 0 Å². The van der Waals surface area contributed by atoms with E-state index >= 15 is 0 Å². The van der Waals surface area contributed by atoms with Gasteiger partial charge in [0.15, 0.2) is 0 Å². The Kier molecular flexibility index (Phi) is 5.41. The molecule has 0 saturated carbocycles. The van der Waals surface area contributed by atoms with Crippen molar-refractivity contribution in [1.82, 2.24) is 9.97 Å². The fourth-order valence-corrected chi connectivity index (χ4v) is 3.25. The van der Waals surface area contributed by atoms with Crippen LogP contribution in [0.25, 0.3) is 11.1 Å². The van der Waals surface area contributed by atoms with Crippen molar-refractivity contribution in [3.8, 4) is 23.0 Å². The van der Waals surface area contributed by atoms with Gasteiger partial charge in [-0.25, -0.2) is 4.98 Å². The average Bonchev–Trinajstić information content (AvgIpc) is 3.27. The SMILES string of the molecule is c1ccc(COc2ncc(-c3ccsc3)c(OCc3ccccc3)n2)cc1. The molecule has 0 amide bonds. The number of ether oxygens (including phenoxy) is 2. The Morgan fingerprint density at radius 1 is 0.778 bits per heavy atom. The molecule has 0 unspecified atom stereocenters. The van der Waals surface area contributed by atoms with Gasteiger partial charge < -0.3 is 9.47 Å². The van der Waals surface area contributed by atoms with Crippen LogP contribution in [0.5, 0.6) is 11.9 Å². The Labute approximate surface area is 162 Å². The van der Waals surface area contributed by atoms with Gasteiger partial charge in [-0.1, -0.05) is 60.7 Å². The van der Waals surface area contributed by atoms with Crippen LogP contribution in [0.3, 0.4) is 0 Å². The van der Waals surface area contributed by atoms with Gasteiger partial charge in [-0.15, -0.1) is 0 Å². The molecule has 2 aromatic heterocycles. The molecule has 4 rings (SSSR count). The lowest BCUT2D eigenvalue weighted by molar-refractivity contribution is 0.259. The van der Waals surface area contributed by atoms with Crippen molar-refractivity contribution in [3.63, 3.8) is 0 Å². The van der Waals surface area contributed by atoms with Crippen LogP contribution in [-0.2, 0) is 13.2 Å². The zero-order chi connectivity index (χ0) is 18.3. The second kappa shape index (κ2) is 8.47. The molecule has 0 saturated heterocycles. The second-order valence-electron chi connectivity index (χ2n) is 5.93. The van der Waals surface area contributed by atoms with Crippen molar-refractivity contribution in [2.75, 3.05) is 0 Å². The summed E-state index contributed by atoms with van der Waals surface area (Å²) in [5.41, 5.74) is 4.05. The van der Waals surface area contributed by atoms with Gasteiger partial charge in [0, 0.05) is 6.20 Å². The Hall–Kier alpha value is -3.18. The van der Waals surface area contributed by atoms with Crippen LogP contribution in [-0.4, -0.2) is 9.97 Å². The predicted octanol–water partition coefficient (Wildman–Crippen LogP) is 5.36. The van der Waals surface area contributed by atoms with Crippen LogP contribution in [0.4, 0.5) is 0 Å². The summed E-state index contributed by atoms with van der Waals surface area (Å²) in [4.78, 5) is 8.86. The fourth-order valence-electron chi connectivity index (χ4n) is 2.59. The minimum Gasteiger partial charge on any atom is -0.472 e. The predicted molar refractivity (Wildman–Crippen MR) is 107 cm³/mol. The molecule has 4 aromatic rings. The Balaban J connectivity index is 1.55. The summed E-state index contributed by atoms with van der Waals surface area (Å²) in [5.74, 6) is 0.523. The number of rotatable bonds is 7. The highest BCUT2D eigenvalue weighted by molar-refractivity contribution is 7.08. The van der Waals surface area contributed by atoms with Crippen molar-refractivity contribution in [2.45, 2.75) is 13.2 Å². The van der Waals surface area contributed by atoms with Crippen molar-refractivity contribution in [2.24, 2.45) is 0 Å². The van der Waals surface area contributed by atoms with Gasteiger partial charge >= 0.3 is 6.01 Å². The van der Waals surface area contributed by atoms with Crippen molar-refractivity contribution in [3.05, 3.63) is 94.8 Å². The van der Waals surface area contributed by atoms with Crippen LogP contribution in [0.2, 0.25) is 0 Å². The molecule has 0 aliphatic heterocycles. The maximum atomic E-state index is 6.01. The van der Waals surface area contributed by atoms with E-state index in [0.717, 1.165) is 22.3 Å². The second-order valence-corrected chi connectivity index (χ2v) is 6.71. The minimum absolute atomic E-state index is 0.306. The highest BCUT2D eigenvalue weighted by Gasteiger charge is 2.12. The van der Waals surface area contributed by atoms with Crippen LogP contribution in [0.1, 0.15) is 11.1 Å². The lowest BCUT2D eigenvalue weighted by Gasteiger charge is -2.11. The van der Waals surface area contributed by atoms with Crippen molar-refractivity contribution >= 4 is 11.3 Å². The van der Waals surface area contributed by atoms with E-state index in [9.17, 15) is 0 Å². The Bertz CT molecular complexity index is 974. The first-order valence-electron chi connectivity index (χ1n) is 8.61. The quantitative estimate of drug-likeness (QED) is 0.437. The standard InChI is InChI=1S/C22H18N2O2S/c1-3-7-17(8-4-1)14-25-21-20(19-11-12-27-16-19)13-23-22(24-21)26-15-18-9-5-2-6-10-18/h1-13,16H,14-15H2. The molecule has 0 aliphatic rings. The first-order valence-corrected chi connectivity index (χ1v) is 9.56. The lowest BCUT2D eigenvalue weighted by Crippen LogP contribution is -2.04. The molecule has 0 spiro atoms. The third-order valence-electron chi connectivity index (χ3n) is 3.99. The van der Waals surface area contributed by atoms with E-state index in [0.29, 0.717) is 25.1 Å². The molecule has 0 bridgehead atoms. The van der Waals surface area contributed by atoms with Crippen LogP contribution in [0, 0.1) is 0 Å². The van der Waals surface area contributed by atoms with Crippen molar-refractivity contribution < 1.29 is 9.47 Å². The fraction of sp³-hybridized carbons (Fsp3) is 0.0909. The van der Waals surface area contributed by atoms with E-state index in [4.69, 9.17) is 9.47 Å². The van der Waals surface area contributed by atoms with E-state index in [1.807, 2.05) is 72.1 Å². The van der Waals surface area contributed by atoms with E-state index in [1.165, 1.54) is 0 Å². The summed E-state index contributed by atoms with van der Waals surface area (Å²) in [6.45, 7) is 0.851. The number of benzene rings is 2. The third kappa shape index (κ3) is 4.51. The van der Waals surface area contributed by atoms with E-state index < -0.39 is 0 Å². The molecule has 2 heterocycles. The number of hydrogen-bond donors (Lipinski definition) is 0. The van der Waals surface area contributed by atoms with Gasteiger partial charge in [-0.05, 0) is 33.5 Å². The number of hydrogen-bond acceptors (Lipinski definition) is 5. The molecule has 0 radical (unpaired) electrons. The normalized spacial score (nSPS) is 10.5. The molecule has 0 aliphatic carbocycles. The van der Waals surface area contributed by atoms with Gasteiger partial charge in [-0.2, -0.15) is 16.3 Å². The molecule has 4 nitrogen and oxygen atoms in total. The van der Waals surface area contributed by atoms with Gasteiger partial charge in [0.05, 0.1) is 5.56 Å². The molecule has 0 N–H and O–H groups in total. The Morgan fingerprint density at radius 2 is 1.44 bits per heavy atom. The highest BCUT2D eigenvalue weighted by atomic mass is 32.1. The monoisotopic (exact) mass is 374 g/mol. The van der Waals surface area contributed by atoms with E-state index in [1.54, 1.807) is 17.5 Å². The largest absolute Gasteiger partial charge is 0.472 e. The van der Waals surface area contributed by atoms with Crippen LogP contribution < -0.4 is 9.47 Å². The molecule has 0 atom stereocenters. The zero-order valence-corrected chi connectivity index (χ0v) is 15.4. The van der Waals surface area contributed by atoms with Gasteiger partial charge in [0.25, 0.3) is 0 Å². The van der Waals surface area contributed by atoms with E-state index in [2.05, 4.69) is 15.3 Å². The maximum absolute atomic E-state index is 6.01. The van der Waals surface area contributed by atoms with Crippen LogP contribution >= 0.6 is 11.3 Å². The third-order valence-corrected chi connectivity index (χ3v) is 4.68. The minimum atomic E-state index is 0.306. The summed E-state index contributed by atoms with van der Waals surface area (Å²) >= 11 is 1.63. The summed E-state index contributed by atoms with van der Waals surface area (Å²) in [7, 11) is 0. The average molecular weight is 374 g/mol. The number of nitrogens with zero attached hydrogens (tertiary/aromatic N) is 2. The first-order chi connectivity index (χ1) is 13.4. The zero-order valence-electron chi connectivity index (χ0n) is 14.6.